The van der Waals surface area contributed by atoms with E-state index < -0.39 is 0 Å². The standard InChI is InChI=1S/C12H14O3/c1-5(2)8-6-3-4-7(8)10-9(6)11(13)15-12(10)14/h6-7,9-10H,3-4H2,1-2H3/t6-,7+,9+,10?/m0/s1. The Morgan fingerprint density at radius 1 is 1.07 bits per heavy atom. The zero-order valence-electron chi connectivity index (χ0n) is 8.95. The van der Waals surface area contributed by atoms with E-state index in [1.807, 2.05) is 0 Å². The van der Waals surface area contributed by atoms with Crippen LogP contribution in [-0.4, -0.2) is 11.9 Å². The molecule has 0 aromatic carbocycles. The third-order valence-corrected chi connectivity index (χ3v) is 4.16. The number of carbonyl (C=O) groups is 2. The van der Waals surface area contributed by atoms with Crippen LogP contribution in [0.2, 0.25) is 0 Å². The van der Waals surface area contributed by atoms with Gasteiger partial charge in [0, 0.05) is 0 Å². The normalized spacial score (nSPS) is 42.1. The molecule has 0 spiro atoms. The van der Waals surface area contributed by atoms with Crippen LogP contribution >= 0.6 is 0 Å². The second kappa shape index (κ2) is 2.71. The predicted octanol–water partition coefficient (Wildman–Crippen LogP) is 1.68. The molecule has 3 fully saturated rings. The average Bonchev–Trinajstić information content (AvgIpc) is 2.77. The van der Waals surface area contributed by atoms with Crippen LogP contribution in [0.5, 0.6) is 0 Å². The fraction of sp³-hybridized carbons (Fsp3) is 0.667. The minimum Gasteiger partial charge on any atom is -0.393 e. The van der Waals surface area contributed by atoms with Gasteiger partial charge in [-0.2, -0.15) is 0 Å². The molecular weight excluding hydrogens is 192 g/mol. The number of carbonyl (C=O) groups excluding carboxylic acids is 2. The summed E-state index contributed by atoms with van der Waals surface area (Å²) in [6, 6.07) is 0. The molecule has 3 aliphatic rings. The van der Waals surface area contributed by atoms with Gasteiger partial charge in [-0.1, -0.05) is 11.1 Å². The largest absolute Gasteiger partial charge is 0.393 e. The lowest BCUT2D eigenvalue weighted by Crippen LogP contribution is -2.24. The van der Waals surface area contributed by atoms with Crippen molar-refractivity contribution in [2.24, 2.45) is 23.7 Å². The number of hydrogen-bond donors (Lipinski definition) is 0. The van der Waals surface area contributed by atoms with Crippen molar-refractivity contribution in [2.75, 3.05) is 0 Å². The van der Waals surface area contributed by atoms with Crippen LogP contribution < -0.4 is 0 Å². The molecule has 2 aliphatic carbocycles. The Labute approximate surface area is 88.5 Å². The Kier molecular flexibility index (Phi) is 1.65. The molecule has 0 radical (unpaired) electrons. The van der Waals surface area contributed by atoms with Gasteiger partial charge in [-0.3, -0.25) is 9.59 Å². The molecule has 3 heteroatoms. The summed E-state index contributed by atoms with van der Waals surface area (Å²) >= 11 is 0. The van der Waals surface area contributed by atoms with Gasteiger partial charge in [0.2, 0.25) is 0 Å². The first-order valence-corrected chi connectivity index (χ1v) is 5.54. The van der Waals surface area contributed by atoms with Crippen LogP contribution in [0.15, 0.2) is 11.1 Å². The highest BCUT2D eigenvalue weighted by atomic mass is 16.6. The van der Waals surface area contributed by atoms with Crippen LogP contribution in [0.1, 0.15) is 26.7 Å². The second-order valence-electron chi connectivity index (χ2n) is 5.04. The fourth-order valence-electron chi connectivity index (χ4n) is 3.79. The fourth-order valence-corrected chi connectivity index (χ4v) is 3.79. The summed E-state index contributed by atoms with van der Waals surface area (Å²) < 4.78 is 4.74. The van der Waals surface area contributed by atoms with E-state index in [1.165, 1.54) is 11.1 Å². The third-order valence-electron chi connectivity index (χ3n) is 4.16. The molecule has 0 N–H and O–H groups in total. The molecule has 0 aromatic rings. The SMILES string of the molecule is CC(C)=C1[C@H]2CC[C@@H]1[C@H]1C(=O)OC(=O)C21. The quantitative estimate of drug-likeness (QED) is 0.344. The molecule has 1 aliphatic heterocycles. The lowest BCUT2D eigenvalue weighted by atomic mass is 9.81. The number of rotatable bonds is 0. The Balaban J connectivity index is 2.10. The van der Waals surface area contributed by atoms with E-state index in [-0.39, 0.29) is 23.8 Å². The van der Waals surface area contributed by atoms with Crippen LogP contribution in [0.4, 0.5) is 0 Å². The summed E-state index contributed by atoms with van der Waals surface area (Å²) in [6.45, 7) is 4.16. The van der Waals surface area contributed by atoms with Crippen molar-refractivity contribution >= 4 is 11.9 Å². The highest BCUT2D eigenvalue weighted by molar-refractivity contribution is 5.98. The Morgan fingerprint density at radius 2 is 1.53 bits per heavy atom. The maximum atomic E-state index is 11.6. The van der Waals surface area contributed by atoms with Gasteiger partial charge >= 0.3 is 11.9 Å². The van der Waals surface area contributed by atoms with E-state index in [9.17, 15) is 9.59 Å². The van der Waals surface area contributed by atoms with Gasteiger partial charge in [0.25, 0.3) is 0 Å². The van der Waals surface area contributed by atoms with E-state index in [2.05, 4.69) is 13.8 Å². The Hall–Kier alpha value is -1.12. The molecular formula is C12H14O3. The van der Waals surface area contributed by atoms with Crippen LogP contribution in [0.25, 0.3) is 0 Å². The van der Waals surface area contributed by atoms with Gasteiger partial charge in [-0.05, 0) is 38.5 Å². The minimum atomic E-state index is -0.282. The van der Waals surface area contributed by atoms with Crippen molar-refractivity contribution in [1.82, 2.24) is 0 Å². The molecule has 4 atom stereocenters. The van der Waals surface area contributed by atoms with Crippen molar-refractivity contribution in [3.63, 3.8) is 0 Å². The maximum Gasteiger partial charge on any atom is 0.318 e. The first-order valence-electron chi connectivity index (χ1n) is 5.54. The van der Waals surface area contributed by atoms with E-state index in [1.54, 1.807) is 0 Å². The van der Waals surface area contributed by atoms with Crippen molar-refractivity contribution in [2.45, 2.75) is 26.7 Å². The van der Waals surface area contributed by atoms with Crippen molar-refractivity contribution in [1.29, 1.82) is 0 Å². The zero-order valence-corrected chi connectivity index (χ0v) is 8.95. The van der Waals surface area contributed by atoms with Crippen molar-refractivity contribution in [3.8, 4) is 0 Å². The smallest absolute Gasteiger partial charge is 0.318 e. The summed E-state index contributed by atoms with van der Waals surface area (Å²) in [5, 5.41) is 0. The Bertz CT molecular complexity index is 360. The molecule has 3 nitrogen and oxygen atoms in total. The number of fused-ring (bicyclic) bond motifs is 5. The van der Waals surface area contributed by atoms with Gasteiger partial charge in [-0.25, -0.2) is 0 Å². The summed E-state index contributed by atoms with van der Waals surface area (Å²) in [5.41, 5.74) is 2.66. The lowest BCUT2D eigenvalue weighted by Gasteiger charge is -2.16. The van der Waals surface area contributed by atoms with E-state index in [0.717, 1.165) is 12.8 Å². The van der Waals surface area contributed by atoms with Gasteiger partial charge < -0.3 is 4.74 Å². The summed E-state index contributed by atoms with van der Waals surface area (Å²) in [6.07, 6.45) is 2.10. The van der Waals surface area contributed by atoms with Crippen LogP contribution in [0.3, 0.4) is 0 Å². The second-order valence-corrected chi connectivity index (χ2v) is 5.04. The molecule has 0 aromatic heterocycles. The molecule has 1 heterocycles. The lowest BCUT2D eigenvalue weighted by molar-refractivity contribution is -0.154. The number of ether oxygens (including phenoxy) is 1. The monoisotopic (exact) mass is 206 g/mol. The van der Waals surface area contributed by atoms with Crippen molar-refractivity contribution < 1.29 is 14.3 Å². The molecule has 0 amide bonds. The van der Waals surface area contributed by atoms with Gasteiger partial charge in [0.05, 0.1) is 11.8 Å². The van der Waals surface area contributed by atoms with Gasteiger partial charge in [0.15, 0.2) is 0 Å². The Morgan fingerprint density at radius 3 is 1.93 bits per heavy atom. The van der Waals surface area contributed by atoms with E-state index >= 15 is 0 Å². The highest BCUT2D eigenvalue weighted by Crippen LogP contribution is 2.59. The minimum absolute atomic E-state index is 0.152. The van der Waals surface area contributed by atoms with Crippen LogP contribution in [0, 0.1) is 23.7 Å². The third kappa shape index (κ3) is 0.959. The molecule has 1 saturated heterocycles. The van der Waals surface area contributed by atoms with Crippen LogP contribution in [-0.2, 0) is 14.3 Å². The molecule has 2 bridgehead atoms. The predicted molar refractivity (Wildman–Crippen MR) is 52.7 cm³/mol. The average molecular weight is 206 g/mol. The molecule has 80 valence electrons. The zero-order chi connectivity index (χ0) is 10.7. The highest BCUT2D eigenvalue weighted by Gasteiger charge is 2.62. The number of hydrogen-bond acceptors (Lipinski definition) is 3. The van der Waals surface area contributed by atoms with Crippen molar-refractivity contribution in [3.05, 3.63) is 11.1 Å². The maximum absolute atomic E-state index is 11.6. The first-order chi connectivity index (χ1) is 7.11. The van der Waals surface area contributed by atoms with E-state index in [4.69, 9.17) is 4.74 Å². The number of cyclic esters (lactones) is 2. The molecule has 15 heavy (non-hydrogen) atoms. The number of esters is 2. The molecule has 2 saturated carbocycles. The molecule has 3 rings (SSSR count). The first kappa shape index (κ1) is 9.13. The topological polar surface area (TPSA) is 43.4 Å². The van der Waals surface area contributed by atoms with Gasteiger partial charge in [0.1, 0.15) is 0 Å². The summed E-state index contributed by atoms with van der Waals surface area (Å²) in [7, 11) is 0. The number of allylic oxidation sites excluding steroid dienone is 2. The summed E-state index contributed by atoms with van der Waals surface area (Å²) in [4.78, 5) is 23.1. The van der Waals surface area contributed by atoms with E-state index in [0.29, 0.717) is 11.8 Å². The van der Waals surface area contributed by atoms with Gasteiger partial charge in [-0.15, -0.1) is 0 Å². The molecule has 1 unspecified atom stereocenters. The summed E-state index contributed by atoms with van der Waals surface area (Å²) in [5.74, 6) is -0.276.